The molecule has 1 heterocycles. The second kappa shape index (κ2) is 8.24. The van der Waals surface area contributed by atoms with Gasteiger partial charge in [-0.3, -0.25) is 4.79 Å². The van der Waals surface area contributed by atoms with Crippen molar-refractivity contribution in [1.82, 2.24) is 20.3 Å². The molecule has 2 aromatic carbocycles. The summed E-state index contributed by atoms with van der Waals surface area (Å²) >= 11 is 0. The Labute approximate surface area is 147 Å². The normalized spacial score (nSPS) is 11.9. The van der Waals surface area contributed by atoms with E-state index >= 15 is 0 Å². The van der Waals surface area contributed by atoms with Crippen LogP contribution < -0.4 is 5.32 Å². The van der Waals surface area contributed by atoms with Crippen LogP contribution in [0.15, 0.2) is 66.9 Å². The van der Waals surface area contributed by atoms with Gasteiger partial charge in [-0.05, 0) is 17.5 Å². The molecule has 0 spiro atoms. The van der Waals surface area contributed by atoms with Gasteiger partial charge in [0.1, 0.15) is 0 Å². The molecule has 3 aromatic rings. The van der Waals surface area contributed by atoms with Crippen molar-refractivity contribution in [2.75, 3.05) is 6.54 Å². The highest BCUT2D eigenvalue weighted by Crippen LogP contribution is 2.18. The zero-order valence-corrected chi connectivity index (χ0v) is 14.3. The highest BCUT2D eigenvalue weighted by atomic mass is 16.2. The summed E-state index contributed by atoms with van der Waals surface area (Å²) < 4.78 is 1.68. The van der Waals surface area contributed by atoms with Gasteiger partial charge in [-0.25, -0.2) is 4.68 Å². The lowest BCUT2D eigenvalue weighted by molar-refractivity contribution is 0.0946. The van der Waals surface area contributed by atoms with Crippen LogP contribution in [0.2, 0.25) is 0 Å². The first-order chi connectivity index (χ1) is 12.3. The van der Waals surface area contributed by atoms with Gasteiger partial charge in [0.15, 0.2) is 5.69 Å². The molecule has 1 N–H and O–H groups in total. The van der Waals surface area contributed by atoms with Crippen LogP contribution in [0.5, 0.6) is 0 Å². The highest BCUT2D eigenvalue weighted by Gasteiger charge is 2.14. The first kappa shape index (κ1) is 16.9. The zero-order valence-electron chi connectivity index (χ0n) is 14.3. The van der Waals surface area contributed by atoms with Crippen LogP contribution in [0.1, 0.15) is 40.9 Å². The van der Waals surface area contributed by atoms with Crippen molar-refractivity contribution in [3.8, 4) is 0 Å². The fraction of sp³-hybridized carbons (Fsp3) is 0.250. The van der Waals surface area contributed by atoms with Gasteiger partial charge in [0.05, 0.1) is 12.7 Å². The van der Waals surface area contributed by atoms with Crippen LogP contribution in [0, 0.1) is 0 Å². The number of carbonyl (C=O) groups is 1. The van der Waals surface area contributed by atoms with Gasteiger partial charge in [0.2, 0.25) is 0 Å². The number of nitrogens with zero attached hydrogens (tertiary/aromatic N) is 3. The van der Waals surface area contributed by atoms with Crippen LogP contribution in [-0.2, 0) is 6.54 Å². The van der Waals surface area contributed by atoms with Crippen LogP contribution in [0.4, 0.5) is 0 Å². The van der Waals surface area contributed by atoms with E-state index in [9.17, 15) is 4.79 Å². The molecule has 1 aromatic heterocycles. The van der Waals surface area contributed by atoms with Gasteiger partial charge in [-0.1, -0.05) is 72.8 Å². The van der Waals surface area contributed by atoms with E-state index in [0.717, 1.165) is 12.0 Å². The van der Waals surface area contributed by atoms with Crippen LogP contribution in [0.25, 0.3) is 0 Å². The van der Waals surface area contributed by atoms with Gasteiger partial charge in [-0.2, -0.15) is 0 Å². The van der Waals surface area contributed by atoms with E-state index in [1.807, 2.05) is 48.5 Å². The fourth-order valence-electron chi connectivity index (χ4n) is 2.78. The van der Waals surface area contributed by atoms with Crippen molar-refractivity contribution in [2.24, 2.45) is 0 Å². The summed E-state index contributed by atoms with van der Waals surface area (Å²) in [5, 5.41) is 11.0. The first-order valence-electron chi connectivity index (χ1n) is 8.53. The molecule has 1 amide bonds. The molecule has 0 bridgehead atoms. The largest absolute Gasteiger partial charge is 0.350 e. The number of hydrogen-bond donors (Lipinski definition) is 1. The number of carbonyl (C=O) groups excluding carboxylic acids is 1. The van der Waals surface area contributed by atoms with Gasteiger partial charge in [-0.15, -0.1) is 5.10 Å². The predicted octanol–water partition coefficient (Wildman–Crippen LogP) is 3.25. The minimum absolute atomic E-state index is 0.186. The number of amides is 1. The van der Waals surface area contributed by atoms with Crippen molar-refractivity contribution in [2.45, 2.75) is 25.8 Å². The first-order valence-corrected chi connectivity index (χ1v) is 8.53. The summed E-state index contributed by atoms with van der Waals surface area (Å²) in [6.45, 7) is 3.31. The molecule has 3 rings (SSSR count). The molecule has 0 aliphatic rings. The lowest BCUT2D eigenvalue weighted by atomic mass is 9.96. The lowest BCUT2D eigenvalue weighted by Gasteiger charge is -2.15. The van der Waals surface area contributed by atoms with Crippen molar-refractivity contribution >= 4 is 5.91 Å². The molecule has 0 aliphatic carbocycles. The zero-order chi connectivity index (χ0) is 17.5. The topological polar surface area (TPSA) is 59.8 Å². The maximum atomic E-state index is 12.3. The average Bonchev–Trinajstić information content (AvgIpc) is 3.12. The van der Waals surface area contributed by atoms with Crippen LogP contribution in [-0.4, -0.2) is 27.4 Å². The monoisotopic (exact) mass is 334 g/mol. The van der Waals surface area contributed by atoms with Crippen LogP contribution in [0.3, 0.4) is 0 Å². The van der Waals surface area contributed by atoms with Crippen LogP contribution >= 0.6 is 0 Å². The Kier molecular flexibility index (Phi) is 5.57. The summed E-state index contributed by atoms with van der Waals surface area (Å²) in [5.41, 5.74) is 2.70. The molecule has 1 unspecified atom stereocenters. The maximum absolute atomic E-state index is 12.3. The summed E-state index contributed by atoms with van der Waals surface area (Å²) in [4.78, 5) is 12.3. The average molecular weight is 334 g/mol. The predicted molar refractivity (Wildman–Crippen MR) is 97.4 cm³/mol. The molecule has 0 saturated heterocycles. The van der Waals surface area contributed by atoms with E-state index in [1.54, 1.807) is 10.9 Å². The molecular formula is C20H22N4O. The Morgan fingerprint density at radius 2 is 1.76 bits per heavy atom. The van der Waals surface area contributed by atoms with Gasteiger partial charge >= 0.3 is 0 Å². The van der Waals surface area contributed by atoms with Gasteiger partial charge in [0, 0.05) is 12.5 Å². The summed E-state index contributed by atoms with van der Waals surface area (Å²) in [6.07, 6.45) is 2.65. The summed E-state index contributed by atoms with van der Waals surface area (Å²) in [7, 11) is 0. The fourth-order valence-corrected chi connectivity index (χ4v) is 2.78. The summed E-state index contributed by atoms with van der Waals surface area (Å²) in [6, 6.07) is 20.2. The minimum Gasteiger partial charge on any atom is -0.350 e. The Bertz CT molecular complexity index is 799. The lowest BCUT2D eigenvalue weighted by Crippen LogP contribution is -2.28. The number of aromatic nitrogens is 3. The minimum atomic E-state index is -0.186. The SMILES string of the molecule is CCC(CNC(=O)c1cn(Cc2ccccc2)nn1)c1ccccc1. The van der Waals surface area contributed by atoms with E-state index in [1.165, 1.54) is 5.56 Å². The molecule has 0 saturated carbocycles. The smallest absolute Gasteiger partial charge is 0.273 e. The Morgan fingerprint density at radius 3 is 2.44 bits per heavy atom. The van der Waals surface area contributed by atoms with E-state index in [0.29, 0.717) is 24.7 Å². The number of hydrogen-bond acceptors (Lipinski definition) is 3. The number of rotatable bonds is 7. The molecule has 5 heteroatoms. The maximum Gasteiger partial charge on any atom is 0.273 e. The highest BCUT2D eigenvalue weighted by molar-refractivity contribution is 5.91. The second-order valence-corrected chi connectivity index (χ2v) is 6.01. The molecular weight excluding hydrogens is 312 g/mol. The number of benzene rings is 2. The third-order valence-electron chi connectivity index (χ3n) is 4.23. The van der Waals surface area contributed by atoms with E-state index < -0.39 is 0 Å². The van der Waals surface area contributed by atoms with Crippen molar-refractivity contribution in [3.63, 3.8) is 0 Å². The standard InChI is InChI=1S/C20H22N4O/c1-2-17(18-11-7-4-8-12-18)13-21-20(25)19-15-24(23-22-19)14-16-9-5-3-6-10-16/h3-12,15,17H,2,13-14H2,1H3,(H,21,25). The Hall–Kier alpha value is -2.95. The number of nitrogens with one attached hydrogen (secondary N) is 1. The molecule has 25 heavy (non-hydrogen) atoms. The van der Waals surface area contributed by atoms with E-state index in [-0.39, 0.29) is 5.91 Å². The summed E-state index contributed by atoms with van der Waals surface area (Å²) in [5.74, 6) is 0.109. The molecule has 0 aliphatic heterocycles. The molecule has 0 radical (unpaired) electrons. The molecule has 0 fully saturated rings. The quantitative estimate of drug-likeness (QED) is 0.721. The Balaban J connectivity index is 1.58. The van der Waals surface area contributed by atoms with Gasteiger partial charge in [0.25, 0.3) is 5.91 Å². The van der Waals surface area contributed by atoms with Gasteiger partial charge < -0.3 is 5.32 Å². The molecule has 5 nitrogen and oxygen atoms in total. The Morgan fingerprint density at radius 1 is 1.08 bits per heavy atom. The third-order valence-corrected chi connectivity index (χ3v) is 4.23. The molecule has 128 valence electrons. The second-order valence-electron chi connectivity index (χ2n) is 6.01. The van der Waals surface area contributed by atoms with Crippen molar-refractivity contribution < 1.29 is 4.79 Å². The van der Waals surface area contributed by atoms with Crippen molar-refractivity contribution in [3.05, 3.63) is 83.7 Å². The third kappa shape index (κ3) is 4.53. The molecule has 1 atom stereocenters. The van der Waals surface area contributed by atoms with Crippen molar-refractivity contribution in [1.29, 1.82) is 0 Å². The van der Waals surface area contributed by atoms with E-state index in [4.69, 9.17) is 0 Å². The van der Waals surface area contributed by atoms with E-state index in [2.05, 4.69) is 34.7 Å².